The number of carbonyl (C=O) groups is 2. The molecule has 1 amide bonds. The number of aromatic amines is 1. The normalized spacial score (nSPS) is 20.4. The summed E-state index contributed by atoms with van der Waals surface area (Å²) in [5.74, 6) is -0.429. The Balaban J connectivity index is 1.23. The van der Waals surface area contributed by atoms with Crippen LogP contribution in [0.4, 0.5) is 19.4 Å². The number of allylic oxidation sites excluding steroid dienone is 4. The molecule has 2 aliphatic carbocycles. The highest BCUT2D eigenvalue weighted by Crippen LogP contribution is 2.33. The highest BCUT2D eigenvalue weighted by atomic mass is 19.1. The van der Waals surface area contributed by atoms with Gasteiger partial charge in [-0.15, -0.1) is 0 Å². The SMILES string of the molecule is Cc1cc(OC2=C(F)C=CCC2C)ccc1-n1ncc(C(=O)c2cc3c([nH]2)CC(N2CCOC2=O)C(F)=C3)c1N. The summed E-state index contributed by atoms with van der Waals surface area (Å²) in [6.07, 6.45) is 6.24. The first-order chi connectivity index (χ1) is 19.2. The maximum atomic E-state index is 14.8. The summed E-state index contributed by atoms with van der Waals surface area (Å²) >= 11 is 0. The van der Waals surface area contributed by atoms with Crippen LogP contribution in [-0.2, 0) is 11.2 Å². The predicted octanol–water partition coefficient (Wildman–Crippen LogP) is 5.17. The number of benzene rings is 1. The van der Waals surface area contributed by atoms with Crippen molar-refractivity contribution in [3.05, 3.63) is 88.1 Å². The Bertz CT molecular complexity index is 1630. The second kappa shape index (κ2) is 9.82. The van der Waals surface area contributed by atoms with Crippen LogP contribution in [0.2, 0.25) is 0 Å². The fourth-order valence-electron chi connectivity index (χ4n) is 5.29. The zero-order valence-electron chi connectivity index (χ0n) is 21.9. The van der Waals surface area contributed by atoms with Crippen molar-refractivity contribution in [1.82, 2.24) is 19.7 Å². The van der Waals surface area contributed by atoms with Gasteiger partial charge < -0.3 is 20.2 Å². The first-order valence-corrected chi connectivity index (χ1v) is 13.0. The third-order valence-electron chi connectivity index (χ3n) is 7.47. The van der Waals surface area contributed by atoms with E-state index in [2.05, 4.69) is 10.1 Å². The van der Waals surface area contributed by atoms with Crippen LogP contribution in [0.3, 0.4) is 0 Å². The number of nitrogens with zero attached hydrogens (tertiary/aromatic N) is 3. The van der Waals surface area contributed by atoms with E-state index in [1.165, 1.54) is 27.9 Å². The van der Waals surface area contributed by atoms with Crippen LogP contribution in [0.5, 0.6) is 5.75 Å². The van der Waals surface area contributed by atoms with Gasteiger partial charge in [0.1, 0.15) is 29.8 Å². The van der Waals surface area contributed by atoms with Gasteiger partial charge in [-0.05, 0) is 60.9 Å². The van der Waals surface area contributed by atoms with E-state index in [9.17, 15) is 18.4 Å². The number of ketones is 1. The smallest absolute Gasteiger partial charge is 0.410 e. The largest absolute Gasteiger partial charge is 0.458 e. The first kappa shape index (κ1) is 25.6. The van der Waals surface area contributed by atoms with E-state index in [-0.39, 0.29) is 41.8 Å². The predicted molar refractivity (Wildman–Crippen MR) is 143 cm³/mol. The van der Waals surface area contributed by atoms with E-state index in [0.29, 0.717) is 35.7 Å². The van der Waals surface area contributed by atoms with Gasteiger partial charge in [-0.2, -0.15) is 5.10 Å². The lowest BCUT2D eigenvalue weighted by atomic mass is 9.98. The van der Waals surface area contributed by atoms with Crippen LogP contribution >= 0.6 is 0 Å². The maximum Gasteiger partial charge on any atom is 0.410 e. The first-order valence-electron chi connectivity index (χ1n) is 13.0. The van der Waals surface area contributed by atoms with E-state index in [4.69, 9.17) is 15.2 Å². The molecular weight excluding hydrogens is 520 g/mol. The molecule has 0 saturated carbocycles. The van der Waals surface area contributed by atoms with E-state index in [1.807, 2.05) is 13.8 Å². The number of amides is 1. The zero-order chi connectivity index (χ0) is 28.1. The summed E-state index contributed by atoms with van der Waals surface area (Å²) in [5, 5.41) is 4.34. The molecule has 3 heterocycles. The van der Waals surface area contributed by atoms with Crippen molar-refractivity contribution in [3.8, 4) is 11.4 Å². The van der Waals surface area contributed by atoms with E-state index in [0.717, 1.165) is 5.56 Å². The minimum atomic E-state index is -0.780. The monoisotopic (exact) mass is 547 g/mol. The Morgan fingerprint density at radius 3 is 2.83 bits per heavy atom. The Labute approximate surface area is 228 Å². The molecule has 2 aromatic heterocycles. The molecule has 1 saturated heterocycles. The van der Waals surface area contributed by atoms with Crippen molar-refractivity contribution in [2.75, 3.05) is 18.9 Å². The van der Waals surface area contributed by atoms with Gasteiger partial charge in [0, 0.05) is 18.0 Å². The molecule has 1 aromatic carbocycles. The molecule has 1 fully saturated rings. The number of hydrogen-bond acceptors (Lipinski definition) is 6. The number of aryl methyl sites for hydroxylation is 1. The van der Waals surface area contributed by atoms with Gasteiger partial charge in [0.25, 0.3) is 0 Å². The van der Waals surface area contributed by atoms with Crippen LogP contribution in [0, 0.1) is 12.8 Å². The molecule has 3 aromatic rings. The third-order valence-corrected chi connectivity index (χ3v) is 7.47. The Kier molecular flexibility index (Phi) is 6.28. The Morgan fingerprint density at radius 2 is 2.10 bits per heavy atom. The van der Waals surface area contributed by atoms with Crippen molar-refractivity contribution in [3.63, 3.8) is 0 Å². The number of ether oxygens (including phenoxy) is 2. The molecule has 0 spiro atoms. The quantitative estimate of drug-likeness (QED) is 0.412. The summed E-state index contributed by atoms with van der Waals surface area (Å²) in [4.78, 5) is 29.8. The average Bonchev–Trinajstić information content (AvgIpc) is 3.64. The lowest BCUT2D eigenvalue weighted by Gasteiger charge is -2.26. The van der Waals surface area contributed by atoms with Crippen molar-refractivity contribution in [2.24, 2.45) is 5.92 Å². The zero-order valence-corrected chi connectivity index (χ0v) is 21.9. The molecular formula is C29H27F2N5O4. The number of H-pyrrole nitrogens is 1. The molecule has 206 valence electrons. The second-order valence-electron chi connectivity index (χ2n) is 10.2. The number of nitrogens with one attached hydrogen (secondary N) is 1. The van der Waals surface area contributed by atoms with E-state index >= 15 is 0 Å². The summed E-state index contributed by atoms with van der Waals surface area (Å²) in [6.45, 7) is 4.26. The van der Waals surface area contributed by atoms with Gasteiger partial charge >= 0.3 is 6.09 Å². The number of nitrogen functional groups attached to an aromatic ring is 1. The van der Waals surface area contributed by atoms with E-state index < -0.39 is 29.6 Å². The number of carbonyl (C=O) groups excluding carboxylic acids is 2. The fourth-order valence-corrected chi connectivity index (χ4v) is 5.29. The van der Waals surface area contributed by atoms with E-state index in [1.54, 1.807) is 30.3 Å². The van der Waals surface area contributed by atoms with Gasteiger partial charge in [0.05, 0.1) is 35.7 Å². The molecule has 2 unspecified atom stereocenters. The van der Waals surface area contributed by atoms with Gasteiger partial charge in [0.2, 0.25) is 5.78 Å². The lowest BCUT2D eigenvalue weighted by molar-refractivity contribution is 0.103. The molecule has 11 heteroatoms. The summed E-state index contributed by atoms with van der Waals surface area (Å²) in [7, 11) is 0. The number of rotatable bonds is 6. The molecule has 3 N–H and O–H groups in total. The molecule has 9 nitrogen and oxygen atoms in total. The minimum absolute atomic E-state index is 0.0754. The topological polar surface area (TPSA) is 115 Å². The summed E-state index contributed by atoms with van der Waals surface area (Å²) < 4.78 is 41.3. The molecule has 1 aliphatic heterocycles. The highest BCUT2D eigenvalue weighted by Gasteiger charge is 2.36. The van der Waals surface area contributed by atoms with Crippen molar-refractivity contribution < 1.29 is 27.8 Å². The van der Waals surface area contributed by atoms with Crippen LogP contribution in [-0.4, -0.2) is 50.7 Å². The third kappa shape index (κ3) is 4.37. The minimum Gasteiger partial charge on any atom is -0.458 e. The number of hydrogen-bond donors (Lipinski definition) is 2. The Morgan fingerprint density at radius 1 is 1.27 bits per heavy atom. The number of fused-ring (bicyclic) bond motifs is 1. The number of nitrogens with two attached hydrogens (primary N) is 1. The molecule has 6 rings (SSSR count). The second-order valence-corrected chi connectivity index (χ2v) is 10.2. The molecule has 3 aliphatic rings. The van der Waals surface area contributed by atoms with Gasteiger partial charge in [-0.1, -0.05) is 13.0 Å². The molecule has 40 heavy (non-hydrogen) atoms. The number of aromatic nitrogens is 3. The average molecular weight is 548 g/mol. The number of halogens is 2. The van der Waals surface area contributed by atoms with Crippen molar-refractivity contribution in [1.29, 1.82) is 0 Å². The van der Waals surface area contributed by atoms with Gasteiger partial charge in [-0.25, -0.2) is 18.3 Å². The Hall–Kier alpha value is -4.67. The number of anilines is 1. The van der Waals surface area contributed by atoms with Crippen molar-refractivity contribution >= 4 is 23.8 Å². The van der Waals surface area contributed by atoms with Crippen LogP contribution < -0.4 is 10.5 Å². The molecule has 0 radical (unpaired) electrons. The highest BCUT2D eigenvalue weighted by molar-refractivity contribution is 6.11. The standard InChI is InChI=1S/C29H27F2N5O4/c1-15-4-3-5-20(30)27(15)40-18-6-7-24(16(2)10-18)36-28(32)19(14-33-36)26(37)23-12-17-11-21(31)25(13-22(17)34-23)35-8-9-39-29(35)38/h3,5-7,10-12,14-15,25,34H,4,8-9,13,32H2,1-2H3. The van der Waals surface area contributed by atoms with Crippen LogP contribution in [0.25, 0.3) is 11.8 Å². The molecule has 2 atom stereocenters. The maximum absolute atomic E-state index is 14.8. The summed E-state index contributed by atoms with van der Waals surface area (Å²) in [5.41, 5.74) is 9.35. The van der Waals surface area contributed by atoms with Gasteiger partial charge in [-0.3, -0.25) is 9.69 Å². The summed E-state index contributed by atoms with van der Waals surface area (Å²) in [6, 6.07) is 5.99. The molecule has 0 bridgehead atoms. The lowest BCUT2D eigenvalue weighted by Crippen LogP contribution is -2.39. The van der Waals surface area contributed by atoms with Crippen LogP contribution in [0.15, 0.2) is 60.0 Å². The van der Waals surface area contributed by atoms with Crippen LogP contribution in [0.1, 0.15) is 46.2 Å². The number of cyclic esters (lactones) is 1. The fraction of sp³-hybridized carbons (Fsp3) is 0.276. The van der Waals surface area contributed by atoms with Gasteiger partial charge in [0.15, 0.2) is 5.83 Å². The van der Waals surface area contributed by atoms with Crippen molar-refractivity contribution in [2.45, 2.75) is 32.7 Å².